The Morgan fingerprint density at radius 3 is 2.75 bits per heavy atom. The number of rotatable bonds is 3. The van der Waals surface area contributed by atoms with Crippen molar-refractivity contribution in [1.82, 2.24) is 9.80 Å². The van der Waals surface area contributed by atoms with Gasteiger partial charge in [-0.3, -0.25) is 9.69 Å². The fourth-order valence-corrected chi connectivity index (χ4v) is 3.54. The van der Waals surface area contributed by atoms with Crippen LogP contribution in [0.2, 0.25) is 0 Å². The average Bonchev–Trinajstić information content (AvgIpc) is 2.79. The highest BCUT2D eigenvalue weighted by atomic mass is 16.5. The van der Waals surface area contributed by atoms with E-state index in [0.717, 1.165) is 52.5 Å². The molecule has 2 fully saturated rings. The molecule has 0 N–H and O–H groups in total. The smallest absolute Gasteiger partial charge is 0.236 e. The Hall–Kier alpha value is -1.59. The van der Waals surface area contributed by atoms with Gasteiger partial charge in [-0.15, -0.1) is 0 Å². The van der Waals surface area contributed by atoms with Gasteiger partial charge < -0.3 is 14.5 Å². The van der Waals surface area contributed by atoms with Crippen LogP contribution in [0.4, 0.5) is 5.69 Å². The Labute approximate surface area is 145 Å². The van der Waals surface area contributed by atoms with Crippen LogP contribution in [0, 0.1) is 12.8 Å². The molecule has 1 unspecified atom stereocenters. The van der Waals surface area contributed by atoms with E-state index in [1.165, 1.54) is 11.3 Å². The van der Waals surface area contributed by atoms with Gasteiger partial charge in [-0.25, -0.2) is 0 Å². The maximum Gasteiger partial charge on any atom is 0.236 e. The Morgan fingerprint density at radius 1 is 1.21 bits per heavy atom. The molecule has 5 heteroatoms. The summed E-state index contributed by atoms with van der Waals surface area (Å²) in [7, 11) is 0. The first kappa shape index (κ1) is 17.2. The number of nitrogens with zero attached hydrogens (tertiary/aromatic N) is 3. The summed E-state index contributed by atoms with van der Waals surface area (Å²) in [5.41, 5.74) is 2.55. The molecule has 0 saturated carbocycles. The summed E-state index contributed by atoms with van der Waals surface area (Å²) >= 11 is 0. The molecule has 1 aromatic rings. The van der Waals surface area contributed by atoms with Gasteiger partial charge in [0.1, 0.15) is 0 Å². The molecular formula is C19H29N3O2. The van der Waals surface area contributed by atoms with Crippen LogP contribution in [0.1, 0.15) is 12.5 Å². The second kappa shape index (κ2) is 7.99. The molecule has 132 valence electrons. The molecule has 2 heterocycles. The van der Waals surface area contributed by atoms with Gasteiger partial charge >= 0.3 is 0 Å². The largest absolute Gasteiger partial charge is 0.380 e. The molecule has 2 saturated heterocycles. The van der Waals surface area contributed by atoms with Crippen LogP contribution in [-0.4, -0.2) is 74.7 Å². The zero-order chi connectivity index (χ0) is 16.9. The Morgan fingerprint density at radius 2 is 2.00 bits per heavy atom. The van der Waals surface area contributed by atoms with E-state index >= 15 is 0 Å². The van der Waals surface area contributed by atoms with Crippen molar-refractivity contribution in [3.63, 3.8) is 0 Å². The number of amides is 1. The second-order valence-electron chi connectivity index (χ2n) is 7.12. The summed E-state index contributed by atoms with van der Waals surface area (Å²) < 4.78 is 5.56. The van der Waals surface area contributed by atoms with E-state index in [2.05, 4.69) is 47.9 Å². The molecule has 0 aliphatic carbocycles. The number of carbonyl (C=O) groups is 1. The monoisotopic (exact) mass is 331 g/mol. The summed E-state index contributed by atoms with van der Waals surface area (Å²) in [4.78, 5) is 19.2. The lowest BCUT2D eigenvalue weighted by Gasteiger charge is -2.37. The van der Waals surface area contributed by atoms with Crippen LogP contribution in [0.15, 0.2) is 24.3 Å². The van der Waals surface area contributed by atoms with E-state index in [9.17, 15) is 4.79 Å². The second-order valence-corrected chi connectivity index (χ2v) is 7.12. The first-order chi connectivity index (χ1) is 11.6. The number of piperazine rings is 1. The van der Waals surface area contributed by atoms with Gasteiger partial charge in [0, 0.05) is 45.0 Å². The van der Waals surface area contributed by atoms with E-state index in [1.807, 2.05) is 4.90 Å². The molecule has 1 amide bonds. The highest BCUT2D eigenvalue weighted by Crippen LogP contribution is 2.18. The normalized spacial score (nSPS) is 23.2. The molecular weight excluding hydrogens is 302 g/mol. The zero-order valence-electron chi connectivity index (χ0n) is 14.9. The fourth-order valence-electron chi connectivity index (χ4n) is 3.54. The van der Waals surface area contributed by atoms with Crippen molar-refractivity contribution < 1.29 is 9.53 Å². The number of hydrogen-bond donors (Lipinski definition) is 0. The lowest BCUT2D eigenvalue weighted by atomic mass is 10.2. The molecule has 2 aliphatic rings. The van der Waals surface area contributed by atoms with Crippen molar-refractivity contribution in [3.05, 3.63) is 29.8 Å². The molecule has 0 spiro atoms. The van der Waals surface area contributed by atoms with Crippen molar-refractivity contribution in [2.45, 2.75) is 13.8 Å². The number of hydrogen-bond acceptors (Lipinski definition) is 4. The SMILES string of the molecule is Cc1cccc(N2CCN(C(=O)CN3CCOCC(C)C3)CC2)c1. The highest BCUT2D eigenvalue weighted by Gasteiger charge is 2.24. The van der Waals surface area contributed by atoms with Crippen LogP contribution in [0.3, 0.4) is 0 Å². The zero-order valence-corrected chi connectivity index (χ0v) is 14.9. The van der Waals surface area contributed by atoms with E-state index in [1.54, 1.807) is 0 Å². The minimum absolute atomic E-state index is 0.257. The lowest BCUT2D eigenvalue weighted by Crippen LogP contribution is -2.51. The minimum Gasteiger partial charge on any atom is -0.380 e. The van der Waals surface area contributed by atoms with E-state index in [-0.39, 0.29) is 5.91 Å². The fraction of sp³-hybridized carbons (Fsp3) is 0.632. The first-order valence-electron chi connectivity index (χ1n) is 9.01. The molecule has 3 rings (SSSR count). The predicted octanol–water partition coefficient (Wildman–Crippen LogP) is 1.61. The van der Waals surface area contributed by atoms with Crippen LogP contribution in [-0.2, 0) is 9.53 Å². The van der Waals surface area contributed by atoms with Gasteiger partial charge in [-0.1, -0.05) is 19.1 Å². The van der Waals surface area contributed by atoms with Gasteiger partial charge in [0.05, 0.1) is 19.8 Å². The Balaban J connectivity index is 1.49. The van der Waals surface area contributed by atoms with Crippen molar-refractivity contribution in [2.24, 2.45) is 5.92 Å². The molecule has 0 radical (unpaired) electrons. The summed E-state index contributed by atoms with van der Waals surface area (Å²) in [5.74, 6) is 0.756. The Bertz CT molecular complexity index is 555. The highest BCUT2D eigenvalue weighted by molar-refractivity contribution is 5.78. The summed E-state index contributed by atoms with van der Waals surface area (Å²) in [6, 6.07) is 8.60. The van der Waals surface area contributed by atoms with Gasteiger partial charge in [0.25, 0.3) is 0 Å². The number of carbonyl (C=O) groups excluding carboxylic acids is 1. The lowest BCUT2D eigenvalue weighted by molar-refractivity contribution is -0.132. The third-order valence-corrected chi connectivity index (χ3v) is 4.88. The molecule has 5 nitrogen and oxygen atoms in total. The van der Waals surface area contributed by atoms with E-state index in [4.69, 9.17) is 4.74 Å². The van der Waals surface area contributed by atoms with Crippen LogP contribution in [0.25, 0.3) is 0 Å². The summed E-state index contributed by atoms with van der Waals surface area (Å²) in [6.07, 6.45) is 0. The topological polar surface area (TPSA) is 36.0 Å². The number of aryl methyl sites for hydroxylation is 1. The summed E-state index contributed by atoms with van der Waals surface area (Å²) in [6.45, 7) is 11.6. The average molecular weight is 331 g/mol. The molecule has 1 aromatic carbocycles. The van der Waals surface area contributed by atoms with Crippen molar-refractivity contribution in [1.29, 1.82) is 0 Å². The maximum absolute atomic E-state index is 12.6. The number of benzene rings is 1. The molecule has 2 aliphatic heterocycles. The van der Waals surface area contributed by atoms with Crippen LogP contribution < -0.4 is 4.90 Å². The quantitative estimate of drug-likeness (QED) is 0.843. The maximum atomic E-state index is 12.6. The Kier molecular flexibility index (Phi) is 5.74. The van der Waals surface area contributed by atoms with Crippen molar-refractivity contribution in [3.8, 4) is 0 Å². The van der Waals surface area contributed by atoms with Crippen molar-refractivity contribution in [2.75, 3.05) is 63.9 Å². The van der Waals surface area contributed by atoms with Crippen LogP contribution >= 0.6 is 0 Å². The van der Waals surface area contributed by atoms with Gasteiger partial charge in [0.2, 0.25) is 5.91 Å². The molecule has 1 atom stereocenters. The summed E-state index contributed by atoms with van der Waals surface area (Å²) in [5, 5.41) is 0. The van der Waals surface area contributed by atoms with E-state index in [0.29, 0.717) is 12.5 Å². The first-order valence-corrected chi connectivity index (χ1v) is 9.01. The predicted molar refractivity (Wildman–Crippen MR) is 96.4 cm³/mol. The van der Waals surface area contributed by atoms with Gasteiger partial charge in [-0.2, -0.15) is 0 Å². The third-order valence-electron chi connectivity index (χ3n) is 4.88. The third kappa shape index (κ3) is 4.48. The standard InChI is InChI=1S/C19H29N3O2/c1-16-4-3-5-18(12-16)21-6-8-22(9-7-21)19(23)14-20-10-11-24-15-17(2)13-20/h3-5,12,17H,6-11,13-15H2,1-2H3. The van der Waals surface area contributed by atoms with Gasteiger partial charge in [0.15, 0.2) is 0 Å². The van der Waals surface area contributed by atoms with E-state index < -0.39 is 0 Å². The minimum atomic E-state index is 0.257. The molecule has 0 aromatic heterocycles. The van der Waals surface area contributed by atoms with Crippen molar-refractivity contribution >= 4 is 11.6 Å². The molecule has 24 heavy (non-hydrogen) atoms. The number of anilines is 1. The molecule has 0 bridgehead atoms. The van der Waals surface area contributed by atoms with Gasteiger partial charge in [-0.05, 0) is 30.5 Å². The van der Waals surface area contributed by atoms with Crippen LogP contribution in [0.5, 0.6) is 0 Å². The number of ether oxygens (including phenoxy) is 1.